The Morgan fingerprint density at radius 3 is 2.39 bits per heavy atom. The van der Waals surface area contributed by atoms with Gasteiger partial charge in [-0.05, 0) is 48.5 Å². The number of benzene rings is 2. The fourth-order valence-corrected chi connectivity index (χ4v) is 3.00. The zero-order valence-corrected chi connectivity index (χ0v) is 16.5. The van der Waals surface area contributed by atoms with Gasteiger partial charge in [0.25, 0.3) is 0 Å². The fourth-order valence-electron chi connectivity index (χ4n) is 3.00. The monoisotopic (exact) mass is 418 g/mol. The lowest BCUT2D eigenvalue weighted by Gasteiger charge is -2.10. The molecule has 2 heterocycles. The first kappa shape index (κ1) is 20.4. The van der Waals surface area contributed by atoms with Crippen molar-refractivity contribution < 1.29 is 18.7 Å². The number of hydrogen-bond acceptors (Lipinski definition) is 6. The minimum Gasteiger partial charge on any atom is -0.460 e. The number of esters is 1. The lowest BCUT2D eigenvalue weighted by molar-refractivity contribution is 0.0145. The zero-order chi connectivity index (χ0) is 21.5. The van der Waals surface area contributed by atoms with Crippen LogP contribution in [0.1, 0.15) is 10.4 Å². The summed E-state index contributed by atoms with van der Waals surface area (Å²) in [6, 6.07) is 18.5. The highest BCUT2D eigenvalue weighted by Gasteiger charge is 2.17. The Morgan fingerprint density at radius 1 is 0.903 bits per heavy atom. The quantitative estimate of drug-likeness (QED) is 0.318. The highest BCUT2D eigenvalue weighted by atomic mass is 19.1. The van der Waals surface area contributed by atoms with Crippen LogP contribution in [0.15, 0.2) is 79.1 Å². The van der Waals surface area contributed by atoms with E-state index in [9.17, 15) is 9.18 Å². The van der Waals surface area contributed by atoms with Crippen LogP contribution in [-0.4, -0.2) is 39.2 Å². The number of nitrogens with zero attached hydrogens (tertiary/aromatic N) is 4. The van der Waals surface area contributed by atoms with Gasteiger partial charge in [-0.25, -0.2) is 13.9 Å². The molecule has 0 bridgehead atoms. The van der Waals surface area contributed by atoms with Crippen LogP contribution in [0.2, 0.25) is 0 Å². The van der Waals surface area contributed by atoms with Gasteiger partial charge >= 0.3 is 5.97 Å². The Kier molecular flexibility index (Phi) is 6.39. The molecule has 0 N–H and O–H groups in total. The SMILES string of the molecule is O=C(OCCOCn1nnc(-c2ccc(F)cc2)c1-c1ccncc1)c1ccccc1. The molecule has 0 aliphatic rings. The van der Waals surface area contributed by atoms with Gasteiger partial charge in [0, 0.05) is 23.5 Å². The van der Waals surface area contributed by atoms with Crippen LogP contribution in [-0.2, 0) is 16.2 Å². The number of carbonyl (C=O) groups excluding carboxylic acids is 1. The first-order chi connectivity index (χ1) is 15.2. The maximum atomic E-state index is 13.3. The second-order valence-electron chi connectivity index (χ2n) is 6.57. The molecule has 0 fully saturated rings. The van der Waals surface area contributed by atoms with E-state index < -0.39 is 5.97 Å². The van der Waals surface area contributed by atoms with Gasteiger partial charge < -0.3 is 9.47 Å². The van der Waals surface area contributed by atoms with Crippen LogP contribution in [0.4, 0.5) is 4.39 Å². The number of pyridine rings is 1. The largest absolute Gasteiger partial charge is 0.460 e. The number of halogens is 1. The molecule has 0 radical (unpaired) electrons. The second-order valence-corrected chi connectivity index (χ2v) is 6.57. The van der Waals surface area contributed by atoms with Crippen LogP contribution >= 0.6 is 0 Å². The molecular formula is C23H19FN4O3. The standard InChI is InChI=1S/C23H19FN4O3/c24-20-8-6-17(7-9-20)21-22(18-10-12-25-13-11-18)28(27-26-21)16-30-14-15-31-23(29)19-4-2-1-3-5-19/h1-13H,14-16H2. The molecule has 2 aromatic heterocycles. The second kappa shape index (κ2) is 9.73. The fraction of sp³-hybridized carbons (Fsp3) is 0.130. The highest BCUT2D eigenvalue weighted by Crippen LogP contribution is 2.30. The summed E-state index contributed by atoms with van der Waals surface area (Å²) in [5.41, 5.74) is 3.39. The van der Waals surface area contributed by atoms with E-state index in [2.05, 4.69) is 15.3 Å². The molecule has 4 rings (SSSR count). The Hall–Kier alpha value is -3.91. The summed E-state index contributed by atoms with van der Waals surface area (Å²) >= 11 is 0. The smallest absolute Gasteiger partial charge is 0.338 e. The molecule has 2 aromatic carbocycles. The molecule has 0 aliphatic carbocycles. The molecule has 7 nitrogen and oxygen atoms in total. The first-order valence-electron chi connectivity index (χ1n) is 9.62. The van der Waals surface area contributed by atoms with Crippen LogP contribution in [0.3, 0.4) is 0 Å². The molecule has 156 valence electrons. The van der Waals surface area contributed by atoms with Crippen LogP contribution < -0.4 is 0 Å². The van der Waals surface area contributed by atoms with Crippen molar-refractivity contribution in [3.8, 4) is 22.5 Å². The molecule has 0 spiro atoms. The van der Waals surface area contributed by atoms with Gasteiger partial charge in [-0.2, -0.15) is 0 Å². The molecule has 31 heavy (non-hydrogen) atoms. The van der Waals surface area contributed by atoms with Crippen molar-refractivity contribution in [2.75, 3.05) is 13.2 Å². The Bertz CT molecular complexity index is 1130. The van der Waals surface area contributed by atoms with Crippen molar-refractivity contribution in [1.29, 1.82) is 0 Å². The summed E-state index contributed by atoms with van der Waals surface area (Å²) < 4.78 is 25.8. The van der Waals surface area contributed by atoms with Crippen molar-refractivity contribution in [1.82, 2.24) is 20.0 Å². The van der Waals surface area contributed by atoms with E-state index in [1.807, 2.05) is 18.2 Å². The van der Waals surface area contributed by atoms with Crippen molar-refractivity contribution >= 4 is 5.97 Å². The lowest BCUT2D eigenvalue weighted by atomic mass is 10.1. The predicted molar refractivity (Wildman–Crippen MR) is 111 cm³/mol. The normalized spacial score (nSPS) is 10.7. The third-order valence-electron chi connectivity index (χ3n) is 4.49. The van der Waals surface area contributed by atoms with E-state index >= 15 is 0 Å². The molecule has 0 saturated carbocycles. The Morgan fingerprint density at radius 2 is 1.65 bits per heavy atom. The van der Waals surface area contributed by atoms with Gasteiger partial charge in [0.1, 0.15) is 24.8 Å². The molecule has 0 atom stereocenters. The Balaban J connectivity index is 1.43. The van der Waals surface area contributed by atoms with Gasteiger partial charge in [0.05, 0.1) is 17.9 Å². The average molecular weight is 418 g/mol. The van der Waals surface area contributed by atoms with E-state index in [0.717, 1.165) is 16.8 Å². The van der Waals surface area contributed by atoms with Crippen LogP contribution in [0.25, 0.3) is 22.5 Å². The highest BCUT2D eigenvalue weighted by molar-refractivity contribution is 5.89. The summed E-state index contributed by atoms with van der Waals surface area (Å²) in [7, 11) is 0. The molecule has 0 amide bonds. The molecule has 0 aliphatic heterocycles. The summed E-state index contributed by atoms with van der Waals surface area (Å²) in [6.07, 6.45) is 3.34. The van der Waals surface area contributed by atoms with Gasteiger partial charge in [0.15, 0.2) is 0 Å². The molecule has 8 heteroatoms. The van der Waals surface area contributed by atoms with Crippen molar-refractivity contribution in [3.05, 3.63) is 90.5 Å². The summed E-state index contributed by atoms with van der Waals surface area (Å²) in [5, 5.41) is 8.46. The molecule has 0 saturated heterocycles. The van der Waals surface area contributed by atoms with Crippen LogP contribution in [0, 0.1) is 5.82 Å². The molecule has 4 aromatic rings. The number of aromatic nitrogens is 4. The maximum Gasteiger partial charge on any atom is 0.338 e. The third kappa shape index (κ3) is 4.99. The number of ether oxygens (including phenoxy) is 2. The number of hydrogen-bond donors (Lipinski definition) is 0. The molecule has 0 unspecified atom stereocenters. The van der Waals surface area contributed by atoms with E-state index in [4.69, 9.17) is 9.47 Å². The summed E-state index contributed by atoms with van der Waals surface area (Å²) in [6.45, 7) is 0.409. The van der Waals surface area contributed by atoms with Crippen LogP contribution in [0.5, 0.6) is 0 Å². The third-order valence-corrected chi connectivity index (χ3v) is 4.49. The average Bonchev–Trinajstić information content (AvgIpc) is 3.24. The van der Waals surface area contributed by atoms with Gasteiger partial charge in [-0.3, -0.25) is 4.98 Å². The molecular weight excluding hydrogens is 399 g/mol. The topological polar surface area (TPSA) is 79.1 Å². The van der Waals surface area contributed by atoms with Gasteiger partial charge in [-0.1, -0.05) is 23.4 Å². The zero-order valence-electron chi connectivity index (χ0n) is 16.5. The van der Waals surface area contributed by atoms with E-state index in [1.54, 1.807) is 53.5 Å². The predicted octanol–water partition coefficient (Wildman–Crippen LogP) is 3.98. The van der Waals surface area contributed by atoms with Crippen molar-refractivity contribution in [2.24, 2.45) is 0 Å². The van der Waals surface area contributed by atoms with Crippen molar-refractivity contribution in [3.63, 3.8) is 0 Å². The number of rotatable bonds is 8. The maximum absolute atomic E-state index is 13.3. The number of carbonyl (C=O) groups is 1. The lowest BCUT2D eigenvalue weighted by Crippen LogP contribution is -2.13. The van der Waals surface area contributed by atoms with Crippen molar-refractivity contribution in [2.45, 2.75) is 6.73 Å². The minimum absolute atomic E-state index is 0.106. The van der Waals surface area contributed by atoms with Gasteiger partial charge in [0.2, 0.25) is 0 Å². The first-order valence-corrected chi connectivity index (χ1v) is 9.62. The summed E-state index contributed by atoms with van der Waals surface area (Å²) in [4.78, 5) is 16.0. The van der Waals surface area contributed by atoms with E-state index in [0.29, 0.717) is 11.3 Å². The summed E-state index contributed by atoms with van der Waals surface area (Å²) in [5.74, 6) is -0.726. The minimum atomic E-state index is -0.402. The van der Waals surface area contributed by atoms with E-state index in [1.165, 1.54) is 12.1 Å². The van der Waals surface area contributed by atoms with E-state index in [-0.39, 0.29) is 25.8 Å². The van der Waals surface area contributed by atoms with Gasteiger partial charge in [-0.15, -0.1) is 5.10 Å². The Labute approximate surface area is 178 Å².